The SMILES string of the molecule is CC(OCBr)C(OC(=O)c1ccccc1)OC(=O)c1ccccc1. The Morgan fingerprint density at radius 1 is 0.875 bits per heavy atom. The van der Waals surface area contributed by atoms with E-state index in [-0.39, 0.29) is 5.52 Å². The van der Waals surface area contributed by atoms with Crippen molar-refractivity contribution < 1.29 is 23.8 Å². The van der Waals surface area contributed by atoms with Gasteiger partial charge in [-0.1, -0.05) is 52.3 Å². The van der Waals surface area contributed by atoms with E-state index in [1.807, 2.05) is 0 Å². The number of benzene rings is 2. The van der Waals surface area contributed by atoms with Gasteiger partial charge >= 0.3 is 11.9 Å². The highest BCUT2D eigenvalue weighted by molar-refractivity contribution is 9.09. The van der Waals surface area contributed by atoms with Gasteiger partial charge in [0.15, 0.2) is 0 Å². The molecule has 0 saturated heterocycles. The van der Waals surface area contributed by atoms with Crippen LogP contribution in [0.15, 0.2) is 60.7 Å². The molecule has 0 bridgehead atoms. The van der Waals surface area contributed by atoms with Crippen LogP contribution >= 0.6 is 15.9 Å². The van der Waals surface area contributed by atoms with E-state index >= 15 is 0 Å². The van der Waals surface area contributed by atoms with E-state index in [4.69, 9.17) is 14.2 Å². The van der Waals surface area contributed by atoms with Crippen LogP contribution in [0.2, 0.25) is 0 Å². The van der Waals surface area contributed by atoms with Gasteiger partial charge < -0.3 is 14.2 Å². The molecule has 1 unspecified atom stereocenters. The average molecular weight is 393 g/mol. The van der Waals surface area contributed by atoms with Gasteiger partial charge in [-0.25, -0.2) is 9.59 Å². The quantitative estimate of drug-likeness (QED) is 0.407. The minimum Gasteiger partial charge on any atom is -0.419 e. The van der Waals surface area contributed by atoms with Crippen LogP contribution in [0.25, 0.3) is 0 Å². The first-order chi connectivity index (χ1) is 11.6. The van der Waals surface area contributed by atoms with Gasteiger partial charge in [-0.2, -0.15) is 0 Å². The van der Waals surface area contributed by atoms with Gasteiger partial charge in [0.2, 0.25) is 0 Å². The van der Waals surface area contributed by atoms with Gasteiger partial charge in [-0.3, -0.25) is 0 Å². The molecule has 2 aromatic rings. The lowest BCUT2D eigenvalue weighted by molar-refractivity contribution is -0.141. The monoisotopic (exact) mass is 392 g/mol. The van der Waals surface area contributed by atoms with Gasteiger partial charge in [-0.05, 0) is 31.2 Å². The van der Waals surface area contributed by atoms with Crippen LogP contribution in [0.4, 0.5) is 0 Å². The summed E-state index contributed by atoms with van der Waals surface area (Å²) in [5.74, 6) is -1.18. The van der Waals surface area contributed by atoms with Crippen LogP contribution in [0.3, 0.4) is 0 Å². The van der Waals surface area contributed by atoms with E-state index in [9.17, 15) is 9.59 Å². The topological polar surface area (TPSA) is 61.8 Å². The number of rotatable bonds is 7. The van der Waals surface area contributed by atoms with Crippen molar-refractivity contribution in [3.05, 3.63) is 71.8 Å². The van der Waals surface area contributed by atoms with Crippen molar-refractivity contribution in [3.8, 4) is 0 Å². The van der Waals surface area contributed by atoms with Crippen LogP contribution in [-0.2, 0) is 14.2 Å². The van der Waals surface area contributed by atoms with Crippen molar-refractivity contribution in [1.82, 2.24) is 0 Å². The molecule has 0 heterocycles. The Hall–Kier alpha value is -2.18. The van der Waals surface area contributed by atoms with E-state index in [0.717, 1.165) is 0 Å². The van der Waals surface area contributed by atoms with Crippen molar-refractivity contribution in [3.63, 3.8) is 0 Å². The molecule has 5 nitrogen and oxygen atoms in total. The third-order valence-corrected chi connectivity index (χ3v) is 3.44. The Balaban J connectivity index is 2.10. The summed E-state index contributed by atoms with van der Waals surface area (Å²) >= 11 is 3.14. The number of carbonyl (C=O) groups is 2. The zero-order chi connectivity index (χ0) is 17.4. The lowest BCUT2D eigenvalue weighted by atomic mass is 10.2. The van der Waals surface area contributed by atoms with Crippen molar-refractivity contribution in [2.24, 2.45) is 0 Å². The first kappa shape index (κ1) is 18.2. The molecular formula is C18H17BrO5. The number of ether oxygens (including phenoxy) is 3. The third kappa shape index (κ3) is 5.18. The lowest BCUT2D eigenvalue weighted by Crippen LogP contribution is -2.35. The summed E-state index contributed by atoms with van der Waals surface area (Å²) in [5, 5.41) is 0. The zero-order valence-electron chi connectivity index (χ0n) is 13.1. The van der Waals surface area contributed by atoms with Crippen LogP contribution < -0.4 is 0 Å². The van der Waals surface area contributed by atoms with Crippen LogP contribution in [0.5, 0.6) is 0 Å². The third-order valence-electron chi connectivity index (χ3n) is 3.17. The molecule has 0 N–H and O–H groups in total. The van der Waals surface area contributed by atoms with Crippen molar-refractivity contribution in [2.45, 2.75) is 19.3 Å². The Labute approximate surface area is 148 Å². The van der Waals surface area contributed by atoms with E-state index < -0.39 is 24.3 Å². The number of hydrogen-bond donors (Lipinski definition) is 0. The second-order valence-electron chi connectivity index (χ2n) is 4.89. The summed E-state index contributed by atoms with van der Waals surface area (Å²) in [6, 6.07) is 17.0. The smallest absolute Gasteiger partial charge is 0.341 e. The molecular weight excluding hydrogens is 376 g/mol. The molecule has 0 spiro atoms. The number of halogens is 1. The standard InChI is InChI=1S/C18H17BrO5/c1-13(22-12-19)18(23-16(20)14-8-4-2-5-9-14)24-17(21)15-10-6-3-7-11-15/h2-11,13,18H,12H2,1H3. The maximum Gasteiger partial charge on any atom is 0.341 e. The summed E-state index contributed by atoms with van der Waals surface area (Å²) in [5.41, 5.74) is 0.949. The van der Waals surface area contributed by atoms with Crippen molar-refractivity contribution >= 4 is 27.9 Å². The second kappa shape index (κ2) is 9.20. The minimum atomic E-state index is -1.16. The maximum absolute atomic E-state index is 12.2. The highest BCUT2D eigenvalue weighted by Gasteiger charge is 2.27. The predicted molar refractivity (Wildman–Crippen MR) is 91.8 cm³/mol. The molecule has 24 heavy (non-hydrogen) atoms. The number of esters is 2. The molecule has 0 radical (unpaired) electrons. The number of alkyl halides is 1. The Bertz CT molecular complexity index is 606. The molecule has 0 amide bonds. The summed E-state index contributed by atoms with van der Waals surface area (Å²) in [4.78, 5) is 24.4. The fourth-order valence-electron chi connectivity index (χ4n) is 1.89. The van der Waals surface area contributed by atoms with Crippen molar-refractivity contribution in [2.75, 3.05) is 5.52 Å². The second-order valence-corrected chi connectivity index (χ2v) is 5.35. The average Bonchev–Trinajstić information content (AvgIpc) is 2.62. The van der Waals surface area contributed by atoms with E-state index in [1.54, 1.807) is 67.6 Å². The Kier molecular flexibility index (Phi) is 6.96. The summed E-state index contributed by atoms with van der Waals surface area (Å²) in [6.07, 6.45) is -1.80. The van der Waals surface area contributed by atoms with Crippen LogP contribution in [-0.4, -0.2) is 29.8 Å². The van der Waals surface area contributed by atoms with Gasteiger partial charge in [0.1, 0.15) is 11.6 Å². The molecule has 0 aliphatic carbocycles. The minimum absolute atomic E-state index is 0.219. The highest BCUT2D eigenvalue weighted by atomic mass is 79.9. The molecule has 0 aliphatic rings. The first-order valence-corrected chi connectivity index (χ1v) is 8.43. The normalized spacial score (nSPS) is 11.8. The first-order valence-electron chi connectivity index (χ1n) is 7.31. The van der Waals surface area contributed by atoms with Gasteiger partial charge in [0.25, 0.3) is 6.29 Å². The predicted octanol–water partition coefficient (Wildman–Crippen LogP) is 3.78. The summed E-state index contributed by atoms with van der Waals surface area (Å²) in [6.45, 7) is 1.66. The van der Waals surface area contributed by atoms with E-state index in [1.165, 1.54) is 0 Å². The molecule has 0 aromatic heterocycles. The summed E-state index contributed by atoms with van der Waals surface area (Å²) in [7, 11) is 0. The van der Waals surface area contributed by atoms with Gasteiger partial charge in [-0.15, -0.1) is 0 Å². The van der Waals surface area contributed by atoms with Crippen LogP contribution in [0.1, 0.15) is 27.6 Å². The Morgan fingerprint density at radius 2 is 1.29 bits per heavy atom. The number of hydrogen-bond acceptors (Lipinski definition) is 5. The maximum atomic E-state index is 12.2. The van der Waals surface area contributed by atoms with Crippen molar-refractivity contribution in [1.29, 1.82) is 0 Å². The summed E-state index contributed by atoms with van der Waals surface area (Å²) < 4.78 is 16.0. The largest absolute Gasteiger partial charge is 0.419 e. The molecule has 2 aromatic carbocycles. The molecule has 126 valence electrons. The van der Waals surface area contributed by atoms with E-state index in [0.29, 0.717) is 11.1 Å². The fraction of sp³-hybridized carbons (Fsp3) is 0.222. The van der Waals surface area contributed by atoms with Gasteiger partial charge in [0, 0.05) is 0 Å². The van der Waals surface area contributed by atoms with Crippen LogP contribution in [0, 0.1) is 0 Å². The molecule has 2 rings (SSSR count). The molecule has 0 saturated carbocycles. The lowest BCUT2D eigenvalue weighted by Gasteiger charge is -2.23. The molecule has 1 atom stereocenters. The Morgan fingerprint density at radius 3 is 1.67 bits per heavy atom. The molecule has 0 fully saturated rings. The number of carbonyl (C=O) groups excluding carboxylic acids is 2. The molecule has 6 heteroatoms. The highest BCUT2D eigenvalue weighted by Crippen LogP contribution is 2.14. The zero-order valence-corrected chi connectivity index (χ0v) is 14.6. The fourth-order valence-corrected chi connectivity index (χ4v) is 2.31. The van der Waals surface area contributed by atoms with Gasteiger partial charge in [0.05, 0.1) is 11.1 Å². The molecule has 0 aliphatic heterocycles. The van der Waals surface area contributed by atoms with E-state index in [2.05, 4.69) is 15.9 Å².